The van der Waals surface area contributed by atoms with Crippen LogP contribution in [0.15, 0.2) is 18.2 Å². The minimum atomic E-state index is -1.30. The zero-order valence-corrected chi connectivity index (χ0v) is 10.9. The Morgan fingerprint density at radius 1 is 1.45 bits per heavy atom. The largest absolute Gasteiger partial charge is 0.480 e. The highest BCUT2D eigenvalue weighted by atomic mass is 16.6. The van der Waals surface area contributed by atoms with Crippen LogP contribution in [0, 0.1) is 22.5 Å². The van der Waals surface area contributed by atoms with E-state index in [2.05, 4.69) is 5.32 Å². The van der Waals surface area contributed by atoms with Crippen LogP contribution in [0.1, 0.15) is 24.0 Å². The summed E-state index contributed by atoms with van der Waals surface area (Å²) in [5, 5.41) is 22.4. The van der Waals surface area contributed by atoms with Crippen molar-refractivity contribution in [1.82, 2.24) is 5.32 Å². The van der Waals surface area contributed by atoms with Crippen LogP contribution < -0.4 is 5.32 Å². The Morgan fingerprint density at radius 2 is 2.10 bits per heavy atom. The maximum atomic E-state index is 11.8. The predicted octanol–water partition coefficient (Wildman–Crippen LogP) is 1.38. The Hall–Kier alpha value is -2.44. The van der Waals surface area contributed by atoms with Crippen molar-refractivity contribution >= 4 is 17.6 Å². The Bertz CT molecular complexity index is 592. The molecule has 1 aliphatic rings. The smallest absolute Gasteiger partial charge is 0.319 e. The molecule has 20 heavy (non-hydrogen) atoms. The van der Waals surface area contributed by atoms with E-state index in [4.69, 9.17) is 5.11 Å². The Balaban J connectivity index is 2.09. The van der Waals surface area contributed by atoms with E-state index in [0.717, 1.165) is 0 Å². The minimum absolute atomic E-state index is 0.0175. The number of nitrogens with zero attached hydrogens (tertiary/aromatic N) is 1. The maximum Gasteiger partial charge on any atom is 0.319 e. The fourth-order valence-corrected chi connectivity index (χ4v) is 2.07. The average Bonchev–Trinajstić information content (AvgIpc) is 3.18. The number of hydrogen-bond acceptors (Lipinski definition) is 4. The van der Waals surface area contributed by atoms with Gasteiger partial charge in [-0.25, -0.2) is 0 Å². The molecule has 0 aliphatic heterocycles. The van der Waals surface area contributed by atoms with Gasteiger partial charge < -0.3 is 10.4 Å². The topological polar surface area (TPSA) is 110 Å². The first-order valence-corrected chi connectivity index (χ1v) is 6.13. The number of carboxylic acids is 1. The molecule has 0 radical (unpaired) electrons. The highest BCUT2D eigenvalue weighted by Crippen LogP contribution is 2.46. The highest BCUT2D eigenvalue weighted by molar-refractivity contribution is 6.04. The lowest BCUT2D eigenvalue weighted by Gasteiger charge is -2.12. The number of carboxylic acid groups (broad SMARTS) is 1. The molecule has 7 nitrogen and oxygen atoms in total. The number of nitrogens with one attached hydrogen (secondary N) is 1. The Labute approximate surface area is 114 Å². The van der Waals surface area contributed by atoms with Crippen molar-refractivity contribution in [2.75, 3.05) is 0 Å². The van der Waals surface area contributed by atoms with Crippen LogP contribution in [-0.4, -0.2) is 21.9 Å². The number of nitro groups is 1. The third-order valence-corrected chi connectivity index (χ3v) is 3.65. The average molecular weight is 278 g/mol. The van der Waals surface area contributed by atoms with Crippen molar-refractivity contribution in [3.63, 3.8) is 0 Å². The molecule has 106 valence electrons. The van der Waals surface area contributed by atoms with Crippen LogP contribution in [0.3, 0.4) is 0 Å². The van der Waals surface area contributed by atoms with Gasteiger partial charge in [0.15, 0.2) is 0 Å². The molecule has 0 saturated heterocycles. The Morgan fingerprint density at radius 3 is 2.60 bits per heavy atom. The summed E-state index contributed by atoms with van der Waals surface area (Å²) in [5.74, 6) is -1.65. The second-order valence-electron chi connectivity index (χ2n) is 4.89. The van der Waals surface area contributed by atoms with Crippen molar-refractivity contribution in [2.45, 2.75) is 26.3 Å². The highest BCUT2D eigenvalue weighted by Gasteiger charge is 2.56. The summed E-state index contributed by atoms with van der Waals surface area (Å²) in [6, 6.07) is 4.60. The molecule has 0 atom stereocenters. The van der Waals surface area contributed by atoms with Crippen molar-refractivity contribution < 1.29 is 19.6 Å². The van der Waals surface area contributed by atoms with E-state index in [0.29, 0.717) is 24.0 Å². The van der Waals surface area contributed by atoms with Crippen molar-refractivity contribution in [3.05, 3.63) is 39.4 Å². The third kappa shape index (κ3) is 2.34. The van der Waals surface area contributed by atoms with Gasteiger partial charge in [-0.1, -0.05) is 12.1 Å². The molecule has 0 spiro atoms. The first-order chi connectivity index (χ1) is 9.38. The van der Waals surface area contributed by atoms with E-state index < -0.39 is 22.2 Å². The van der Waals surface area contributed by atoms with Gasteiger partial charge >= 0.3 is 5.97 Å². The molecule has 7 heteroatoms. The van der Waals surface area contributed by atoms with Crippen molar-refractivity contribution in [1.29, 1.82) is 0 Å². The van der Waals surface area contributed by atoms with E-state index in [1.54, 1.807) is 13.0 Å². The van der Waals surface area contributed by atoms with E-state index in [-0.39, 0.29) is 12.2 Å². The summed E-state index contributed by atoms with van der Waals surface area (Å²) < 4.78 is 0. The van der Waals surface area contributed by atoms with Gasteiger partial charge in [0, 0.05) is 18.2 Å². The first kappa shape index (κ1) is 14.0. The number of rotatable bonds is 5. The van der Waals surface area contributed by atoms with Gasteiger partial charge in [-0.15, -0.1) is 0 Å². The monoisotopic (exact) mass is 278 g/mol. The number of amides is 1. The number of carbonyl (C=O) groups excluding carboxylic acids is 1. The molecule has 1 aliphatic carbocycles. The van der Waals surface area contributed by atoms with Crippen LogP contribution >= 0.6 is 0 Å². The zero-order valence-electron chi connectivity index (χ0n) is 10.9. The Kier molecular flexibility index (Phi) is 3.44. The summed E-state index contributed by atoms with van der Waals surface area (Å²) in [6.07, 6.45) is 0.671. The molecule has 0 heterocycles. The lowest BCUT2D eigenvalue weighted by molar-refractivity contribution is -0.385. The number of hydrogen-bond donors (Lipinski definition) is 2. The van der Waals surface area contributed by atoms with Gasteiger partial charge in [0.25, 0.3) is 5.69 Å². The molecule has 2 rings (SSSR count). The number of benzene rings is 1. The summed E-state index contributed by atoms with van der Waals surface area (Å²) >= 11 is 0. The van der Waals surface area contributed by atoms with E-state index >= 15 is 0 Å². The summed E-state index contributed by atoms with van der Waals surface area (Å²) in [5.41, 5.74) is -0.239. The number of aliphatic carboxylic acids is 1. The second-order valence-corrected chi connectivity index (χ2v) is 4.89. The molecule has 1 fully saturated rings. The molecular weight excluding hydrogens is 264 g/mol. The molecule has 1 aromatic carbocycles. The molecule has 2 N–H and O–H groups in total. The lowest BCUT2D eigenvalue weighted by Crippen LogP contribution is -2.36. The zero-order chi connectivity index (χ0) is 14.9. The predicted molar refractivity (Wildman–Crippen MR) is 69.0 cm³/mol. The fourth-order valence-electron chi connectivity index (χ4n) is 2.07. The van der Waals surface area contributed by atoms with Gasteiger partial charge in [0.1, 0.15) is 5.41 Å². The van der Waals surface area contributed by atoms with Gasteiger partial charge in [0.2, 0.25) is 5.91 Å². The summed E-state index contributed by atoms with van der Waals surface area (Å²) in [4.78, 5) is 33.2. The van der Waals surface area contributed by atoms with Gasteiger partial charge in [-0.2, -0.15) is 0 Å². The molecule has 0 unspecified atom stereocenters. The van der Waals surface area contributed by atoms with Gasteiger partial charge in [-0.05, 0) is 25.3 Å². The summed E-state index contributed by atoms with van der Waals surface area (Å²) in [7, 11) is 0. The molecular formula is C13H14N2O5. The molecule has 1 aromatic rings. The van der Waals surface area contributed by atoms with Crippen LogP contribution in [0.5, 0.6) is 0 Å². The molecule has 1 saturated carbocycles. The lowest BCUT2D eigenvalue weighted by atomic mass is 10.0. The summed E-state index contributed by atoms with van der Waals surface area (Å²) in [6.45, 7) is 1.69. The molecule has 1 amide bonds. The number of nitro benzene ring substituents is 1. The van der Waals surface area contributed by atoms with Crippen LogP contribution in [0.25, 0.3) is 0 Å². The van der Waals surface area contributed by atoms with Crippen LogP contribution in [0.2, 0.25) is 0 Å². The SMILES string of the molecule is Cc1c(CNC(=O)C2(C(=O)O)CC2)cccc1[N+](=O)[O-]. The van der Waals surface area contributed by atoms with E-state index in [1.807, 2.05) is 0 Å². The van der Waals surface area contributed by atoms with E-state index in [1.165, 1.54) is 12.1 Å². The second kappa shape index (κ2) is 4.92. The van der Waals surface area contributed by atoms with Gasteiger partial charge in [-0.3, -0.25) is 19.7 Å². The minimum Gasteiger partial charge on any atom is -0.480 e. The van der Waals surface area contributed by atoms with Crippen LogP contribution in [-0.2, 0) is 16.1 Å². The molecule has 0 bridgehead atoms. The van der Waals surface area contributed by atoms with E-state index in [9.17, 15) is 19.7 Å². The third-order valence-electron chi connectivity index (χ3n) is 3.65. The fraction of sp³-hybridized carbons (Fsp3) is 0.385. The van der Waals surface area contributed by atoms with Crippen molar-refractivity contribution in [3.8, 4) is 0 Å². The maximum absolute atomic E-state index is 11.8. The van der Waals surface area contributed by atoms with Crippen molar-refractivity contribution in [2.24, 2.45) is 5.41 Å². The van der Waals surface area contributed by atoms with Gasteiger partial charge in [0.05, 0.1) is 4.92 Å². The quantitative estimate of drug-likeness (QED) is 0.480. The standard InChI is InChI=1S/C13H14N2O5/c1-8-9(3-2-4-10(8)15(19)20)7-14-11(16)13(5-6-13)12(17)18/h2-4H,5-7H2,1H3,(H,14,16)(H,17,18). The van der Waals surface area contributed by atoms with Crippen LogP contribution in [0.4, 0.5) is 5.69 Å². The number of carbonyl (C=O) groups is 2. The first-order valence-electron chi connectivity index (χ1n) is 6.13. The molecule has 0 aromatic heterocycles. The normalized spacial score (nSPS) is 15.4.